The van der Waals surface area contributed by atoms with Crippen molar-refractivity contribution >= 4 is 47.2 Å². The number of aromatic nitrogens is 2. The Morgan fingerprint density at radius 3 is 2.65 bits per heavy atom. The number of fused-ring (bicyclic) bond motifs is 1. The molecular formula is C21H25N7O6. The molecule has 0 fully saturated rings. The predicted molar refractivity (Wildman–Crippen MR) is 124 cm³/mol. The number of amides is 2. The van der Waals surface area contributed by atoms with Crippen molar-refractivity contribution in [2.24, 2.45) is 0 Å². The van der Waals surface area contributed by atoms with Crippen molar-refractivity contribution in [1.82, 2.24) is 15.3 Å². The minimum atomic E-state index is -1.22. The summed E-state index contributed by atoms with van der Waals surface area (Å²) in [6.45, 7) is 1.98. The van der Waals surface area contributed by atoms with Crippen LogP contribution in [0.25, 0.3) is 0 Å². The van der Waals surface area contributed by atoms with Gasteiger partial charge in [0.1, 0.15) is 17.6 Å². The van der Waals surface area contributed by atoms with E-state index in [2.05, 4.69) is 25.9 Å². The summed E-state index contributed by atoms with van der Waals surface area (Å²) in [5.74, 6) is -1.69. The summed E-state index contributed by atoms with van der Waals surface area (Å²) in [5.41, 5.74) is 5.88. The zero-order valence-corrected chi connectivity index (χ0v) is 18.3. The zero-order valence-electron chi connectivity index (χ0n) is 18.3. The number of H-pyrrole nitrogens is 1. The number of nitrogen functional groups attached to an aromatic ring is 1. The van der Waals surface area contributed by atoms with Gasteiger partial charge in [-0.2, -0.15) is 4.98 Å². The van der Waals surface area contributed by atoms with Crippen LogP contribution in [0.1, 0.15) is 30.1 Å². The Kier molecular flexibility index (Phi) is 7.46. The molecule has 1 aromatic heterocycles. The van der Waals surface area contributed by atoms with E-state index in [0.717, 1.165) is 0 Å². The number of ketones is 1. The number of Topliss-reactive ketones (excluding diaryl/α,β-unsaturated/α-hetero) is 1. The van der Waals surface area contributed by atoms with Gasteiger partial charge in [0.15, 0.2) is 5.69 Å². The lowest BCUT2D eigenvalue weighted by atomic mass is 10.1. The van der Waals surface area contributed by atoms with Crippen LogP contribution in [0.5, 0.6) is 0 Å². The molecular weight excluding hydrogens is 446 g/mol. The lowest BCUT2D eigenvalue weighted by molar-refractivity contribution is -0.139. The summed E-state index contributed by atoms with van der Waals surface area (Å²) in [7, 11) is 0. The number of carbonyl (C=O) groups is 4. The first-order valence-electron chi connectivity index (χ1n) is 10.4. The molecule has 2 heterocycles. The van der Waals surface area contributed by atoms with E-state index >= 15 is 0 Å². The van der Waals surface area contributed by atoms with Gasteiger partial charge < -0.3 is 41.5 Å². The van der Waals surface area contributed by atoms with Crippen molar-refractivity contribution in [1.29, 1.82) is 0 Å². The molecule has 0 spiro atoms. The smallest absolute Gasteiger partial charge is 0.326 e. The molecule has 0 bridgehead atoms. The highest BCUT2D eigenvalue weighted by molar-refractivity contribution is 5.97. The van der Waals surface area contributed by atoms with E-state index in [0.29, 0.717) is 24.5 Å². The first-order chi connectivity index (χ1) is 16.2. The predicted octanol–water partition coefficient (Wildman–Crippen LogP) is -0.227. The van der Waals surface area contributed by atoms with E-state index in [-0.39, 0.29) is 42.4 Å². The van der Waals surface area contributed by atoms with Crippen molar-refractivity contribution in [2.45, 2.75) is 31.8 Å². The zero-order chi connectivity index (χ0) is 24.8. The number of benzene rings is 1. The van der Waals surface area contributed by atoms with Crippen LogP contribution in [-0.2, 0) is 14.4 Å². The molecule has 2 aromatic rings. The summed E-state index contributed by atoms with van der Waals surface area (Å²) in [5, 5.41) is 17.8. The standard InChI is InChI=1S/C21H25N7O6/c1-11(30)2-7-15(20(33)34)25-18(31)12-3-5-13(6-4-12)23-8-14-9-24-17-16(28(14)10-29)19(32)27-21(22)26-17/h3-6,10,14-15,23H,2,7-9H2,1H3,(H,25,31)(H,33,34)(H4,22,24,26,27,32)/t14?,15-/m0/s1. The maximum Gasteiger partial charge on any atom is 0.326 e. The highest BCUT2D eigenvalue weighted by Gasteiger charge is 2.29. The molecule has 13 nitrogen and oxygen atoms in total. The Morgan fingerprint density at radius 1 is 1.32 bits per heavy atom. The molecule has 0 aliphatic carbocycles. The molecule has 180 valence electrons. The summed E-state index contributed by atoms with van der Waals surface area (Å²) in [6, 6.07) is 4.72. The first-order valence-corrected chi connectivity index (χ1v) is 10.4. The van der Waals surface area contributed by atoms with Crippen molar-refractivity contribution in [2.75, 3.05) is 34.4 Å². The topological polar surface area (TPSA) is 200 Å². The number of carboxylic acid groups (broad SMARTS) is 1. The highest BCUT2D eigenvalue weighted by atomic mass is 16.4. The summed E-state index contributed by atoms with van der Waals surface area (Å²) >= 11 is 0. The Labute approximate surface area is 193 Å². The number of aliphatic carboxylic acids is 1. The molecule has 3 rings (SSSR count). The lowest BCUT2D eigenvalue weighted by Gasteiger charge is -2.34. The first kappa shape index (κ1) is 24.2. The van der Waals surface area contributed by atoms with Gasteiger partial charge in [-0.1, -0.05) is 0 Å². The van der Waals surface area contributed by atoms with Crippen LogP contribution in [-0.4, -0.2) is 64.3 Å². The van der Waals surface area contributed by atoms with Gasteiger partial charge in [-0.15, -0.1) is 0 Å². The van der Waals surface area contributed by atoms with E-state index in [1.807, 2.05) is 0 Å². The molecule has 7 N–H and O–H groups in total. The molecule has 0 saturated carbocycles. The number of aromatic amines is 1. The number of hydrogen-bond donors (Lipinski definition) is 6. The number of rotatable bonds is 10. The monoisotopic (exact) mass is 471 g/mol. The van der Waals surface area contributed by atoms with Gasteiger partial charge in [0.25, 0.3) is 5.91 Å². The number of carbonyl (C=O) groups excluding carboxylic acids is 3. The van der Waals surface area contributed by atoms with Gasteiger partial charge in [-0.3, -0.25) is 14.4 Å². The van der Waals surface area contributed by atoms with E-state index in [9.17, 15) is 29.1 Å². The molecule has 2 amide bonds. The number of carboxylic acids is 1. The molecule has 0 saturated heterocycles. The molecule has 13 heteroatoms. The van der Waals surface area contributed by atoms with Crippen LogP contribution in [0.2, 0.25) is 0 Å². The number of hydrogen-bond acceptors (Lipinski definition) is 9. The highest BCUT2D eigenvalue weighted by Crippen LogP contribution is 2.25. The van der Waals surface area contributed by atoms with Crippen molar-refractivity contribution < 1.29 is 24.3 Å². The average molecular weight is 471 g/mol. The van der Waals surface area contributed by atoms with Crippen molar-refractivity contribution in [3.8, 4) is 0 Å². The maximum absolute atomic E-state index is 12.4. The van der Waals surface area contributed by atoms with Crippen LogP contribution in [0.15, 0.2) is 29.1 Å². The van der Waals surface area contributed by atoms with E-state index < -0.39 is 29.5 Å². The molecule has 34 heavy (non-hydrogen) atoms. The van der Waals surface area contributed by atoms with E-state index in [1.165, 1.54) is 24.0 Å². The fourth-order valence-electron chi connectivity index (χ4n) is 3.48. The van der Waals surface area contributed by atoms with Gasteiger partial charge in [0, 0.05) is 30.8 Å². The third kappa shape index (κ3) is 5.68. The Bertz CT molecular complexity index is 1150. The Balaban J connectivity index is 1.62. The van der Waals surface area contributed by atoms with E-state index in [4.69, 9.17) is 5.73 Å². The van der Waals surface area contributed by atoms with E-state index in [1.54, 1.807) is 12.1 Å². The summed E-state index contributed by atoms with van der Waals surface area (Å²) in [6.07, 6.45) is 0.609. The van der Waals surface area contributed by atoms with Crippen LogP contribution < -0.4 is 32.1 Å². The van der Waals surface area contributed by atoms with Gasteiger partial charge in [-0.05, 0) is 37.6 Å². The fraction of sp³-hybridized carbons (Fsp3) is 0.333. The summed E-state index contributed by atoms with van der Waals surface area (Å²) in [4.78, 5) is 66.3. The molecule has 1 unspecified atom stereocenters. The van der Waals surface area contributed by atoms with Gasteiger partial charge in [-0.25, -0.2) is 4.79 Å². The largest absolute Gasteiger partial charge is 0.480 e. The second-order valence-corrected chi connectivity index (χ2v) is 7.76. The minimum Gasteiger partial charge on any atom is -0.480 e. The van der Waals surface area contributed by atoms with Gasteiger partial charge in [0.05, 0.1) is 6.04 Å². The molecule has 1 aliphatic rings. The third-order valence-corrected chi connectivity index (χ3v) is 5.27. The molecule has 2 atom stereocenters. The van der Waals surface area contributed by atoms with Gasteiger partial charge in [0.2, 0.25) is 12.4 Å². The minimum absolute atomic E-state index is 0.00672. The number of nitrogens with zero attached hydrogens (tertiary/aromatic N) is 2. The quantitative estimate of drug-likeness (QED) is 0.252. The van der Waals surface area contributed by atoms with Crippen molar-refractivity contribution in [3.63, 3.8) is 0 Å². The van der Waals surface area contributed by atoms with Crippen LogP contribution in [0, 0.1) is 0 Å². The molecule has 1 aromatic carbocycles. The van der Waals surface area contributed by atoms with Crippen LogP contribution in [0.4, 0.5) is 23.1 Å². The maximum atomic E-state index is 12.4. The van der Waals surface area contributed by atoms with Crippen LogP contribution >= 0.6 is 0 Å². The third-order valence-electron chi connectivity index (χ3n) is 5.27. The van der Waals surface area contributed by atoms with Gasteiger partial charge >= 0.3 is 11.5 Å². The normalized spacial score (nSPS) is 15.4. The second kappa shape index (κ2) is 10.5. The molecule has 1 aliphatic heterocycles. The van der Waals surface area contributed by atoms with Crippen LogP contribution in [0.3, 0.4) is 0 Å². The Hall–Kier alpha value is -4.42. The molecule has 0 radical (unpaired) electrons. The lowest BCUT2D eigenvalue weighted by Crippen LogP contribution is -2.50. The van der Waals surface area contributed by atoms with Crippen molar-refractivity contribution in [3.05, 3.63) is 40.2 Å². The summed E-state index contributed by atoms with van der Waals surface area (Å²) < 4.78 is 0. The average Bonchev–Trinajstić information content (AvgIpc) is 2.79. The number of nitrogens with one attached hydrogen (secondary N) is 4. The number of anilines is 4. The number of nitrogens with two attached hydrogens (primary N) is 1. The SMILES string of the molecule is CC(=O)CC[C@H](NC(=O)c1ccc(NCC2CNc3[nH]c(N)nc(=O)c3N2C=O)cc1)C(=O)O. The Morgan fingerprint density at radius 2 is 2.03 bits per heavy atom. The second-order valence-electron chi connectivity index (χ2n) is 7.76. The fourth-order valence-corrected chi connectivity index (χ4v) is 3.48.